The van der Waals surface area contributed by atoms with E-state index in [9.17, 15) is 0 Å². The minimum absolute atomic E-state index is 0.877. The van der Waals surface area contributed by atoms with Crippen molar-refractivity contribution < 1.29 is 20.0 Å². The van der Waals surface area contributed by atoms with Gasteiger partial charge in [-0.25, -0.2) is 0 Å². The average Bonchev–Trinajstić information content (AvgIpc) is 2.93. The van der Waals surface area contributed by atoms with Crippen LogP contribution in [0.15, 0.2) is 140 Å². The maximum atomic E-state index is 4.58. The summed E-state index contributed by atoms with van der Waals surface area (Å²) in [6.45, 7) is 0. The molecule has 4 aromatic carbocycles. The van der Waals surface area contributed by atoms with E-state index in [0.717, 1.165) is 11.3 Å². The second-order valence-electron chi connectivity index (χ2n) is 6.96. The number of nitrogens with zero attached hydrogens (tertiary/aromatic N) is 1. The van der Waals surface area contributed by atoms with Crippen LogP contribution >= 0.6 is 17.1 Å². The summed E-state index contributed by atoms with van der Waals surface area (Å²) in [4.78, 5) is 4.22. The maximum Gasteiger partial charge on any atom is 0.102 e. The molecule has 0 aliphatic carbocycles. The summed E-state index contributed by atoms with van der Waals surface area (Å²) in [5, 5.41) is 4.31. The number of halogens is 1. The third kappa shape index (κ3) is 7.79. The van der Waals surface area contributed by atoms with Gasteiger partial charge < -0.3 is 4.98 Å². The standard InChI is InChI=1S/C18H15P.C11H8N.Au.ClH/c1-4-10-16(11-5-1)19(17-12-6-2-7-13-17)18-14-8-3-9-15-18;1-2-6-10(7-3-1)11-8-4-5-9-12-11;;/h1-15H;1-6,8-9H;;1H/q;-1;+1;. The van der Waals surface area contributed by atoms with Crippen molar-refractivity contribution in [3.8, 4) is 11.3 Å². The van der Waals surface area contributed by atoms with Gasteiger partial charge in [0, 0.05) is 6.20 Å². The fourth-order valence-corrected chi connectivity index (χ4v) is 5.97. The molecule has 5 rings (SSSR count). The molecule has 1 nitrogen and oxygen atoms in total. The predicted molar refractivity (Wildman–Crippen MR) is 141 cm³/mol. The molecule has 1 aromatic heterocycles. The van der Waals surface area contributed by atoms with Crippen molar-refractivity contribution in [2.24, 2.45) is 0 Å². The van der Waals surface area contributed by atoms with Crippen LogP contribution in [0.25, 0.3) is 11.3 Å². The van der Waals surface area contributed by atoms with Crippen molar-refractivity contribution in [1.82, 2.24) is 4.98 Å². The van der Waals surface area contributed by atoms with Crippen LogP contribution in [-0.4, -0.2) is 4.98 Å². The molecule has 1 heterocycles. The van der Waals surface area contributed by atoms with Gasteiger partial charge in [-0.1, -0.05) is 66.7 Å². The van der Waals surface area contributed by atoms with Crippen LogP contribution in [-0.2, 0) is 20.0 Å². The van der Waals surface area contributed by atoms with Crippen LogP contribution in [0.5, 0.6) is 0 Å². The molecule has 0 amide bonds. The van der Waals surface area contributed by atoms with E-state index < -0.39 is 7.92 Å². The number of hydrogen-bond donors (Lipinski definition) is 0. The van der Waals surface area contributed by atoms with Gasteiger partial charge in [0.1, 0.15) is 15.9 Å². The van der Waals surface area contributed by atoms with Crippen LogP contribution in [0, 0.1) is 6.07 Å². The maximum absolute atomic E-state index is 4.58. The summed E-state index contributed by atoms with van der Waals surface area (Å²) in [6, 6.07) is 49.3. The second kappa shape index (κ2) is 14.6. The molecule has 5 aromatic rings. The molecule has 168 valence electrons. The monoisotopic (exact) mass is 649 g/mol. The molecular weight excluding hydrogens is 626 g/mol. The van der Waals surface area contributed by atoms with E-state index >= 15 is 0 Å². The first kappa shape index (κ1) is 25.1. The summed E-state index contributed by atoms with van der Waals surface area (Å²) < 4.78 is 0. The second-order valence-corrected chi connectivity index (χ2v) is 9.45. The van der Waals surface area contributed by atoms with E-state index in [2.05, 4.69) is 111 Å². The van der Waals surface area contributed by atoms with E-state index in [1.807, 2.05) is 42.5 Å². The Hall–Kier alpha value is -2.51. The molecule has 0 spiro atoms. The molecule has 0 fully saturated rings. The Labute approximate surface area is 214 Å². The summed E-state index contributed by atoms with van der Waals surface area (Å²) in [5.74, 6) is 0. The summed E-state index contributed by atoms with van der Waals surface area (Å²) in [5.41, 5.74) is 2.01. The Morgan fingerprint density at radius 2 is 1.00 bits per heavy atom. The molecule has 0 aliphatic rings. The van der Waals surface area contributed by atoms with E-state index in [4.69, 9.17) is 0 Å². The van der Waals surface area contributed by atoms with Gasteiger partial charge in [-0.2, -0.15) is 0 Å². The molecule has 0 N–H and O–H groups in total. The number of rotatable bonds is 4. The van der Waals surface area contributed by atoms with E-state index in [0.29, 0.717) is 0 Å². The Morgan fingerprint density at radius 3 is 1.39 bits per heavy atom. The molecule has 0 unspecified atom stereocenters. The normalized spacial score (nSPS) is 9.82. The zero-order chi connectivity index (χ0) is 23.1. The third-order valence-electron chi connectivity index (χ3n) is 4.84. The number of pyridine rings is 1. The molecule has 0 aliphatic heterocycles. The van der Waals surface area contributed by atoms with Gasteiger partial charge in [0.15, 0.2) is 0 Å². The number of benzene rings is 4. The van der Waals surface area contributed by atoms with Gasteiger partial charge in [0.05, 0.1) is 7.92 Å². The Balaban J connectivity index is 0.000000188. The van der Waals surface area contributed by atoms with Gasteiger partial charge in [-0.15, -0.1) is 35.9 Å². The molecule has 0 bridgehead atoms. The third-order valence-corrected chi connectivity index (χ3v) is 7.57. The molecular formula is C29H24AuClNP. The van der Waals surface area contributed by atoms with Crippen LogP contribution < -0.4 is 15.9 Å². The first-order valence-electron chi connectivity index (χ1n) is 10.4. The van der Waals surface area contributed by atoms with Gasteiger partial charge in [-0.05, 0) is 48.2 Å². The fraction of sp³-hybridized carbons (Fsp3) is 0. The van der Waals surface area contributed by atoms with Crippen molar-refractivity contribution in [2.75, 3.05) is 0 Å². The summed E-state index contributed by atoms with van der Waals surface area (Å²) >= 11 is 1.75. The molecule has 4 heteroatoms. The molecule has 0 radical (unpaired) electrons. The van der Waals surface area contributed by atoms with Gasteiger partial charge in [0.2, 0.25) is 0 Å². The summed E-state index contributed by atoms with van der Waals surface area (Å²) in [6.07, 6.45) is 1.79. The average molecular weight is 650 g/mol. The van der Waals surface area contributed by atoms with E-state index in [-0.39, 0.29) is 0 Å². The topological polar surface area (TPSA) is 12.9 Å². The van der Waals surface area contributed by atoms with E-state index in [1.54, 1.807) is 26.2 Å². The first-order chi connectivity index (χ1) is 16.4. The number of hydrogen-bond acceptors (Lipinski definition) is 1. The first-order valence-corrected chi connectivity index (χ1v) is 14.6. The Morgan fingerprint density at radius 1 is 0.545 bits per heavy atom. The molecule has 0 saturated carbocycles. The predicted octanol–water partition coefficient (Wildman–Crippen LogP) is 6.41. The molecule has 33 heavy (non-hydrogen) atoms. The van der Waals surface area contributed by atoms with Gasteiger partial charge in [0.25, 0.3) is 0 Å². The van der Waals surface area contributed by atoms with Crippen LogP contribution in [0.2, 0.25) is 0 Å². The van der Waals surface area contributed by atoms with Gasteiger partial charge >= 0.3 is 29.2 Å². The van der Waals surface area contributed by atoms with Crippen molar-refractivity contribution in [3.05, 3.63) is 146 Å². The van der Waals surface area contributed by atoms with Crippen molar-refractivity contribution in [3.63, 3.8) is 0 Å². The molecule has 0 atom stereocenters. The number of aromatic nitrogens is 1. The van der Waals surface area contributed by atoms with Gasteiger partial charge in [-0.3, -0.25) is 0 Å². The summed E-state index contributed by atoms with van der Waals surface area (Å²) in [7, 11) is 3.71. The van der Waals surface area contributed by atoms with Crippen LogP contribution in [0.4, 0.5) is 0 Å². The smallest absolute Gasteiger partial charge is 0.102 e. The van der Waals surface area contributed by atoms with E-state index in [1.165, 1.54) is 15.9 Å². The molecule has 0 saturated heterocycles. The van der Waals surface area contributed by atoms with Crippen LogP contribution in [0.3, 0.4) is 0 Å². The SMILES string of the molecule is [Cl][Au].[c-]1ccccc1-c1ccccn1.c1ccc([PH+](c2ccccc2)c2ccccc2)cc1. The quantitative estimate of drug-likeness (QED) is 0.125. The Kier molecular flexibility index (Phi) is 11.1. The van der Waals surface area contributed by atoms with Crippen molar-refractivity contribution in [2.45, 2.75) is 0 Å². The zero-order valence-corrected chi connectivity index (χ0v) is 21.8. The zero-order valence-electron chi connectivity index (χ0n) is 17.9. The van der Waals surface area contributed by atoms with Crippen molar-refractivity contribution in [1.29, 1.82) is 0 Å². The largest absolute Gasteiger partial charge is 0.305 e. The minimum atomic E-state index is -0.877. The Bertz CT molecular complexity index is 1030. The fourth-order valence-electron chi connectivity index (χ4n) is 3.39. The van der Waals surface area contributed by atoms with Crippen LogP contribution in [0.1, 0.15) is 0 Å². The van der Waals surface area contributed by atoms with Crippen molar-refractivity contribution >= 4 is 33.0 Å². The minimum Gasteiger partial charge on any atom is -0.305 e.